The van der Waals surface area contributed by atoms with Crippen LogP contribution >= 0.6 is 11.6 Å². The zero-order valence-corrected chi connectivity index (χ0v) is 11.6. The molecule has 0 N–H and O–H groups in total. The molecule has 5 rings (SSSR count). The van der Waals surface area contributed by atoms with Gasteiger partial charge in [0.05, 0.1) is 0 Å². The Morgan fingerprint density at radius 1 is 0.619 bits per heavy atom. The van der Waals surface area contributed by atoms with Gasteiger partial charge in [0.2, 0.25) is 0 Å². The van der Waals surface area contributed by atoms with E-state index in [1.54, 1.807) is 0 Å². The molecule has 0 atom stereocenters. The summed E-state index contributed by atoms with van der Waals surface area (Å²) in [6.07, 6.45) is 0. The van der Waals surface area contributed by atoms with Gasteiger partial charge in [0.15, 0.2) is 0 Å². The molecule has 100 valence electrons. The smallest absolute Gasteiger partial charge is 0.136 e. The number of hydrogen-bond donors (Lipinski definition) is 0. The van der Waals surface area contributed by atoms with Crippen molar-refractivity contribution in [2.24, 2.45) is 0 Å². The molecule has 0 saturated carbocycles. The molecular weight excluding hydrogens is 284 g/mol. The second-order valence-corrected chi connectivity index (χ2v) is 5.59. The van der Waals surface area contributed by atoms with Gasteiger partial charge in [-0.15, -0.1) is 0 Å². The maximum Gasteiger partial charge on any atom is 0.136 e. The number of hydrogen-bond acceptors (Lipinski definition) is 2. The molecule has 0 aliphatic heterocycles. The molecule has 0 fully saturated rings. The van der Waals surface area contributed by atoms with Gasteiger partial charge in [-0.1, -0.05) is 29.8 Å². The standard InChI is InChI=1S/C18H9ClO2/c19-10-5-6-12-16(9-10)21-15-8-7-14-17(18(12)15)11-3-1-2-4-13(11)20-14/h1-9H. The SMILES string of the molecule is Clc1ccc2c(c1)oc1ccc3oc4ccccc4c3c12. The average Bonchev–Trinajstić information content (AvgIpc) is 3.03. The lowest BCUT2D eigenvalue weighted by molar-refractivity contribution is 0.663. The van der Waals surface area contributed by atoms with Crippen LogP contribution < -0.4 is 0 Å². The minimum absolute atomic E-state index is 0.676. The lowest BCUT2D eigenvalue weighted by atomic mass is 10.1. The fraction of sp³-hybridized carbons (Fsp3) is 0. The Kier molecular flexibility index (Phi) is 2.04. The van der Waals surface area contributed by atoms with E-state index < -0.39 is 0 Å². The van der Waals surface area contributed by atoms with E-state index in [4.69, 9.17) is 20.4 Å². The summed E-state index contributed by atoms with van der Waals surface area (Å²) in [5.41, 5.74) is 3.42. The molecule has 2 aromatic heterocycles. The predicted octanol–water partition coefficient (Wildman–Crippen LogP) is 6.14. The average molecular weight is 293 g/mol. The highest BCUT2D eigenvalue weighted by molar-refractivity contribution is 6.32. The number of rotatable bonds is 0. The molecule has 0 bridgehead atoms. The van der Waals surface area contributed by atoms with Crippen LogP contribution in [0.3, 0.4) is 0 Å². The van der Waals surface area contributed by atoms with Crippen LogP contribution in [-0.2, 0) is 0 Å². The lowest BCUT2D eigenvalue weighted by Crippen LogP contribution is -1.70. The number of para-hydroxylation sites is 1. The number of fused-ring (bicyclic) bond motifs is 7. The molecule has 5 aromatic rings. The Morgan fingerprint density at radius 3 is 2.10 bits per heavy atom. The molecule has 3 heteroatoms. The summed E-state index contributed by atoms with van der Waals surface area (Å²) in [5, 5.41) is 5.03. The van der Waals surface area contributed by atoms with Crippen LogP contribution in [0.15, 0.2) is 63.4 Å². The van der Waals surface area contributed by atoms with Crippen molar-refractivity contribution in [3.8, 4) is 0 Å². The lowest BCUT2D eigenvalue weighted by Gasteiger charge is -1.93. The van der Waals surface area contributed by atoms with Crippen LogP contribution in [0.25, 0.3) is 43.9 Å². The quantitative estimate of drug-likeness (QED) is 0.343. The minimum Gasteiger partial charge on any atom is -0.456 e. The molecule has 2 nitrogen and oxygen atoms in total. The Morgan fingerprint density at radius 2 is 1.29 bits per heavy atom. The van der Waals surface area contributed by atoms with E-state index in [0.717, 1.165) is 43.9 Å². The second kappa shape index (κ2) is 3.80. The summed E-state index contributed by atoms with van der Waals surface area (Å²) in [4.78, 5) is 0. The molecule has 0 radical (unpaired) electrons. The van der Waals surface area contributed by atoms with E-state index in [1.807, 2.05) is 48.5 Å². The maximum absolute atomic E-state index is 6.06. The van der Waals surface area contributed by atoms with Crippen molar-refractivity contribution in [1.82, 2.24) is 0 Å². The first-order chi connectivity index (χ1) is 10.3. The van der Waals surface area contributed by atoms with Crippen molar-refractivity contribution in [1.29, 1.82) is 0 Å². The first kappa shape index (κ1) is 11.2. The first-order valence-electron chi connectivity index (χ1n) is 6.73. The van der Waals surface area contributed by atoms with Crippen molar-refractivity contribution >= 4 is 55.5 Å². The monoisotopic (exact) mass is 292 g/mol. The molecule has 21 heavy (non-hydrogen) atoms. The van der Waals surface area contributed by atoms with E-state index in [2.05, 4.69) is 6.07 Å². The Hall–Kier alpha value is -2.45. The second-order valence-electron chi connectivity index (χ2n) is 5.15. The summed E-state index contributed by atoms with van der Waals surface area (Å²) >= 11 is 6.06. The molecule has 0 saturated heterocycles. The van der Waals surface area contributed by atoms with Gasteiger partial charge in [0.1, 0.15) is 22.3 Å². The number of halogens is 1. The van der Waals surface area contributed by atoms with Gasteiger partial charge in [-0.25, -0.2) is 0 Å². The molecule has 0 unspecified atom stereocenters. The first-order valence-corrected chi connectivity index (χ1v) is 7.11. The molecule has 0 aliphatic carbocycles. The summed E-state index contributed by atoms with van der Waals surface area (Å²) in [7, 11) is 0. The van der Waals surface area contributed by atoms with E-state index in [-0.39, 0.29) is 0 Å². The third kappa shape index (κ3) is 1.43. The number of furan rings is 2. The highest BCUT2D eigenvalue weighted by atomic mass is 35.5. The topological polar surface area (TPSA) is 26.3 Å². The maximum atomic E-state index is 6.06. The van der Waals surface area contributed by atoms with Gasteiger partial charge < -0.3 is 8.83 Å². The van der Waals surface area contributed by atoms with Crippen molar-refractivity contribution in [3.63, 3.8) is 0 Å². The highest BCUT2D eigenvalue weighted by Crippen LogP contribution is 2.40. The normalized spacial score (nSPS) is 12.0. The molecule has 0 spiro atoms. The fourth-order valence-corrected chi connectivity index (χ4v) is 3.22. The van der Waals surface area contributed by atoms with Gasteiger partial charge in [0, 0.05) is 32.6 Å². The third-order valence-electron chi connectivity index (χ3n) is 3.94. The minimum atomic E-state index is 0.676. The zero-order chi connectivity index (χ0) is 14.0. The van der Waals surface area contributed by atoms with E-state index in [1.165, 1.54) is 0 Å². The summed E-state index contributed by atoms with van der Waals surface area (Å²) in [5.74, 6) is 0. The van der Waals surface area contributed by atoms with Crippen LogP contribution in [0.1, 0.15) is 0 Å². The van der Waals surface area contributed by atoms with Crippen molar-refractivity contribution in [3.05, 3.63) is 59.6 Å². The Labute approximate surface area is 124 Å². The van der Waals surface area contributed by atoms with Crippen molar-refractivity contribution in [2.75, 3.05) is 0 Å². The molecule has 0 amide bonds. The van der Waals surface area contributed by atoms with Crippen LogP contribution in [0, 0.1) is 0 Å². The zero-order valence-electron chi connectivity index (χ0n) is 10.9. The molecule has 2 heterocycles. The Balaban J connectivity index is 2.14. The van der Waals surface area contributed by atoms with E-state index >= 15 is 0 Å². The summed E-state index contributed by atoms with van der Waals surface area (Å²) in [6, 6.07) is 17.7. The van der Waals surface area contributed by atoms with Gasteiger partial charge >= 0.3 is 0 Å². The van der Waals surface area contributed by atoms with Gasteiger partial charge in [0.25, 0.3) is 0 Å². The van der Waals surface area contributed by atoms with Crippen LogP contribution in [0.2, 0.25) is 5.02 Å². The summed E-state index contributed by atoms with van der Waals surface area (Å²) in [6.45, 7) is 0. The highest BCUT2D eigenvalue weighted by Gasteiger charge is 2.15. The molecular formula is C18H9ClO2. The van der Waals surface area contributed by atoms with Crippen LogP contribution in [0.4, 0.5) is 0 Å². The van der Waals surface area contributed by atoms with Crippen LogP contribution in [0.5, 0.6) is 0 Å². The number of benzene rings is 3. The summed E-state index contributed by atoms with van der Waals surface area (Å²) < 4.78 is 11.9. The van der Waals surface area contributed by atoms with Gasteiger partial charge in [-0.05, 0) is 30.3 Å². The van der Waals surface area contributed by atoms with Gasteiger partial charge in [-0.3, -0.25) is 0 Å². The van der Waals surface area contributed by atoms with Gasteiger partial charge in [-0.2, -0.15) is 0 Å². The van der Waals surface area contributed by atoms with E-state index in [9.17, 15) is 0 Å². The molecule has 0 aliphatic rings. The predicted molar refractivity (Wildman–Crippen MR) is 86.0 cm³/mol. The largest absolute Gasteiger partial charge is 0.456 e. The fourth-order valence-electron chi connectivity index (χ4n) is 3.06. The third-order valence-corrected chi connectivity index (χ3v) is 4.17. The molecule has 3 aromatic carbocycles. The van der Waals surface area contributed by atoms with E-state index in [0.29, 0.717) is 5.02 Å². The Bertz CT molecular complexity index is 1150. The van der Waals surface area contributed by atoms with Crippen molar-refractivity contribution in [2.45, 2.75) is 0 Å². The van der Waals surface area contributed by atoms with Crippen LogP contribution in [-0.4, -0.2) is 0 Å². The van der Waals surface area contributed by atoms with Crippen molar-refractivity contribution < 1.29 is 8.83 Å².